The second kappa shape index (κ2) is 24.9. The zero-order valence-corrected chi connectivity index (χ0v) is 44.2. The number of methoxy groups -OCH3 is 5. The number of fused-ring (bicyclic) bond motifs is 3. The fourth-order valence-corrected chi connectivity index (χ4v) is 8.10. The molecule has 362 valence electrons. The van der Waals surface area contributed by atoms with Crippen LogP contribution in [0.1, 0.15) is 29.2 Å². The number of nitrogens with one attached hydrogen (secondary N) is 3. The number of aromatic amines is 3. The van der Waals surface area contributed by atoms with Crippen molar-refractivity contribution in [1.82, 2.24) is 24.8 Å². The van der Waals surface area contributed by atoms with Crippen molar-refractivity contribution in [2.75, 3.05) is 35.5 Å². The monoisotopic (exact) mass is 1070 g/mol. The molecule has 14 nitrogen and oxygen atoms in total. The summed E-state index contributed by atoms with van der Waals surface area (Å²) in [6.07, 6.45) is 5.47. The molecule has 5 heterocycles. The van der Waals surface area contributed by atoms with Gasteiger partial charge in [-0.25, -0.2) is 0 Å². The van der Waals surface area contributed by atoms with Crippen molar-refractivity contribution in [2.45, 2.75) is 20.0 Å². The summed E-state index contributed by atoms with van der Waals surface area (Å²) in [5.74, 6) is 1.76. The molecule has 4 amide bonds. The van der Waals surface area contributed by atoms with Gasteiger partial charge in [-0.15, -0.1) is 0 Å². The average molecular weight is 1070 g/mol. The van der Waals surface area contributed by atoms with Gasteiger partial charge in [0.25, 0.3) is 23.6 Å². The van der Waals surface area contributed by atoms with Crippen LogP contribution < -0.4 is 40.7 Å². The first-order chi connectivity index (χ1) is 33.5. The molecule has 3 N–H and O–H groups in total. The Morgan fingerprint density at radius 2 is 0.817 bits per heavy atom. The molecule has 71 heavy (non-hydrogen) atoms. The Morgan fingerprint density at radius 1 is 0.465 bits per heavy atom. The molecule has 5 aromatic carbocycles. The minimum Gasteiger partial charge on any atom is -1.00 e. The Kier molecular flexibility index (Phi) is 19.4. The van der Waals surface area contributed by atoms with Crippen LogP contribution in [-0.2, 0) is 32.3 Å². The molecule has 0 radical (unpaired) electrons. The maximum Gasteiger partial charge on any atom is 2.00 e. The first kappa shape index (κ1) is 55.2. The van der Waals surface area contributed by atoms with Crippen molar-refractivity contribution in [3.8, 4) is 28.7 Å². The summed E-state index contributed by atoms with van der Waals surface area (Å²) in [5, 5.41) is 2.32. The number of aromatic nitrogens is 3. The Hall–Kier alpha value is -6.69. The van der Waals surface area contributed by atoms with Crippen molar-refractivity contribution >= 4 is 114 Å². The van der Waals surface area contributed by atoms with E-state index in [0.717, 1.165) is 49.1 Å². The van der Waals surface area contributed by atoms with Crippen LogP contribution >= 0.6 is 23.2 Å². The van der Waals surface area contributed by atoms with Crippen molar-refractivity contribution in [3.63, 3.8) is 0 Å². The second-order valence-electron chi connectivity index (χ2n) is 15.1. The van der Waals surface area contributed by atoms with Gasteiger partial charge in [0.15, 0.2) is 0 Å². The third-order valence-electron chi connectivity index (χ3n) is 11.3. The quantitative estimate of drug-likeness (QED) is 0.0699. The van der Waals surface area contributed by atoms with Gasteiger partial charge in [0, 0.05) is 62.4 Å². The number of rotatable bonds is 11. The number of hydrogen-bond acceptors (Lipinski definition) is 9. The van der Waals surface area contributed by atoms with Crippen LogP contribution in [0.2, 0.25) is 0 Å². The summed E-state index contributed by atoms with van der Waals surface area (Å²) in [6, 6.07) is 33.6. The number of carbonyl (C=O) groups is 4. The molecule has 18 heteroatoms. The van der Waals surface area contributed by atoms with Gasteiger partial charge in [0.1, 0.15) is 38.8 Å². The van der Waals surface area contributed by atoms with Gasteiger partial charge >= 0.3 is 23.1 Å². The van der Waals surface area contributed by atoms with E-state index in [9.17, 15) is 19.2 Å². The first-order valence-electron chi connectivity index (χ1n) is 21.4. The molecule has 0 atom stereocenters. The molecule has 10 rings (SSSR count). The molecule has 2 aliphatic rings. The van der Waals surface area contributed by atoms with Crippen LogP contribution in [0.4, 0.5) is 0 Å². The Bertz CT molecular complexity index is 3130. The number of H-pyrrole nitrogens is 3. The molecular formula is C53H48BrCl2MgN5O9. The second-order valence-corrected chi connectivity index (χ2v) is 15.9. The van der Waals surface area contributed by atoms with Crippen molar-refractivity contribution in [2.24, 2.45) is 0 Å². The van der Waals surface area contributed by atoms with Crippen molar-refractivity contribution in [1.29, 1.82) is 0 Å². The fourth-order valence-electron chi connectivity index (χ4n) is 7.73. The summed E-state index contributed by atoms with van der Waals surface area (Å²) in [5.41, 5.74) is 6.37. The van der Waals surface area contributed by atoms with Gasteiger partial charge < -0.3 is 62.5 Å². The van der Waals surface area contributed by atoms with E-state index in [2.05, 4.69) is 21.9 Å². The third kappa shape index (κ3) is 11.7. The largest absolute Gasteiger partial charge is 2.00 e. The summed E-state index contributed by atoms with van der Waals surface area (Å²) in [6.45, 7) is 5.26. The Balaban J connectivity index is 0.000000235. The number of ether oxygens (including phenoxy) is 5. The van der Waals surface area contributed by atoms with E-state index in [1.165, 1.54) is 10.3 Å². The Morgan fingerprint density at radius 3 is 1.21 bits per heavy atom. The Labute approximate surface area is 446 Å². The number of carbonyl (C=O) groups excluding carboxylic acids is 4. The van der Waals surface area contributed by atoms with Crippen LogP contribution in [0.5, 0.6) is 28.7 Å². The average Bonchev–Trinajstić information content (AvgIpc) is 4.22. The molecule has 0 unspecified atom stereocenters. The molecule has 2 aliphatic heterocycles. The molecular weight excluding hydrogens is 1030 g/mol. The molecule has 0 aliphatic carbocycles. The van der Waals surface area contributed by atoms with Crippen LogP contribution in [0.25, 0.3) is 43.9 Å². The number of hydrogen-bond donors (Lipinski definition) is 3. The summed E-state index contributed by atoms with van der Waals surface area (Å²) in [4.78, 5) is 63.3. The predicted molar refractivity (Wildman–Crippen MR) is 274 cm³/mol. The van der Waals surface area contributed by atoms with Gasteiger partial charge in [0.05, 0.1) is 59.8 Å². The topological polar surface area (TPSA) is 168 Å². The predicted octanol–water partition coefficient (Wildman–Crippen LogP) is 7.05. The van der Waals surface area contributed by atoms with Gasteiger partial charge in [-0.1, -0.05) is 47.5 Å². The molecule has 0 spiro atoms. The standard InChI is InChI=1S/C30H25N3O5.C12H9Cl2NO3.C9H9NO.C2H5.BrH.Mg/c1-36-18-6-4-17(5-7-18)16-33-29(34)27(23-14-31-25-10-8-19(37-2)12-21(23)25)28(30(33)35)24-15-32-26-11-9-20(38-3)13-22(24)26;1-18-8-4-2-7(3-5-8)6-15-11(16)9(13)10(14)12(15)17;1-11-8-2-3-9-7(6-8)4-5-10-9;1-2;;/h4-15,31-32H,16H2,1-3H3;2-5H,6H2,1H3;2-6,10H,1H3;1H2,2H3;1H;/q;;;-1;;+2/p-1. The number of benzene rings is 5. The van der Waals surface area contributed by atoms with Gasteiger partial charge in [-0.2, -0.15) is 6.92 Å². The summed E-state index contributed by atoms with van der Waals surface area (Å²) in [7, 11) is 8.02. The van der Waals surface area contributed by atoms with Crippen LogP contribution in [0.3, 0.4) is 0 Å². The van der Waals surface area contributed by atoms with E-state index in [4.69, 9.17) is 46.9 Å². The van der Waals surface area contributed by atoms with E-state index in [0.29, 0.717) is 45.3 Å². The zero-order valence-electron chi connectivity index (χ0n) is 39.7. The van der Waals surface area contributed by atoms with E-state index in [-0.39, 0.29) is 75.0 Å². The number of imide groups is 2. The summed E-state index contributed by atoms with van der Waals surface area (Å²) >= 11 is 11.3. The first-order valence-corrected chi connectivity index (χ1v) is 22.1. The molecule has 0 bridgehead atoms. The third-order valence-corrected chi connectivity index (χ3v) is 12.1. The molecule has 0 fully saturated rings. The van der Waals surface area contributed by atoms with E-state index >= 15 is 0 Å². The fraction of sp³-hybridized carbons (Fsp3) is 0.151. The zero-order chi connectivity index (χ0) is 49.4. The van der Waals surface area contributed by atoms with E-state index < -0.39 is 11.8 Å². The molecule has 8 aromatic rings. The number of halogens is 3. The molecule has 3 aromatic heterocycles. The number of nitrogens with zero attached hydrogens (tertiary/aromatic N) is 2. The van der Waals surface area contributed by atoms with Crippen LogP contribution in [0.15, 0.2) is 138 Å². The normalized spacial score (nSPS) is 13.0. The maximum absolute atomic E-state index is 14.0. The summed E-state index contributed by atoms with van der Waals surface area (Å²) < 4.78 is 26.2. The van der Waals surface area contributed by atoms with Crippen molar-refractivity contribution in [3.05, 3.63) is 167 Å². The number of amides is 4. The van der Waals surface area contributed by atoms with Gasteiger partial charge in [-0.05, 0) is 96.1 Å². The molecule has 0 saturated carbocycles. The van der Waals surface area contributed by atoms with Crippen LogP contribution in [-0.4, -0.2) is 107 Å². The molecule has 0 saturated heterocycles. The van der Waals surface area contributed by atoms with Gasteiger partial charge in [0.2, 0.25) is 0 Å². The minimum absolute atomic E-state index is 0. The minimum atomic E-state index is -0.567. The van der Waals surface area contributed by atoms with Gasteiger partial charge in [-0.3, -0.25) is 29.0 Å². The smallest absolute Gasteiger partial charge is 1.00 e. The van der Waals surface area contributed by atoms with E-state index in [1.807, 2.05) is 91.1 Å². The van der Waals surface area contributed by atoms with E-state index in [1.54, 1.807) is 79.1 Å². The maximum atomic E-state index is 14.0. The van der Waals surface area contributed by atoms with Crippen LogP contribution in [0, 0.1) is 6.92 Å². The SMILES string of the molecule is COc1ccc(CN2C(=O)C(Cl)=C(Cl)C2=O)cc1.COc1ccc(CN2C(=O)C(c3c[nH]c4ccc(OC)cc34)=C(c3c[nH]c4ccc(OC)cc34)C2=O)cc1.COc1ccc2[nH]ccc2c1.[Br-].[CH2-]C.[Mg+2]. The van der Waals surface area contributed by atoms with Crippen molar-refractivity contribution < 1.29 is 59.8 Å².